The summed E-state index contributed by atoms with van der Waals surface area (Å²) >= 11 is 1.77. The van der Waals surface area contributed by atoms with E-state index in [1.807, 2.05) is 24.3 Å². The molecule has 0 bridgehead atoms. The summed E-state index contributed by atoms with van der Waals surface area (Å²) in [5, 5.41) is 11.0. The van der Waals surface area contributed by atoms with E-state index in [1.165, 1.54) is 4.88 Å². The largest absolute Gasteiger partial charge is 0.290 e. The minimum absolute atomic E-state index is 0.715. The normalized spacial score (nSPS) is 10.3. The van der Waals surface area contributed by atoms with Gasteiger partial charge in [-0.2, -0.15) is 5.26 Å². The number of nitrogens with zero attached hydrogens (tertiary/aromatic N) is 2. The van der Waals surface area contributed by atoms with Gasteiger partial charge in [0.1, 0.15) is 0 Å². The first-order chi connectivity index (χ1) is 9.31. The van der Waals surface area contributed by atoms with Crippen molar-refractivity contribution in [1.29, 1.82) is 5.26 Å². The van der Waals surface area contributed by atoms with Crippen molar-refractivity contribution >= 4 is 11.3 Å². The molecule has 1 aromatic heterocycles. The molecular formula is C16H16N2S. The molecule has 0 fully saturated rings. The van der Waals surface area contributed by atoms with Gasteiger partial charge in [0.05, 0.1) is 11.6 Å². The van der Waals surface area contributed by atoms with Crippen molar-refractivity contribution in [3.05, 3.63) is 70.4 Å². The van der Waals surface area contributed by atoms with Crippen LogP contribution < -0.4 is 0 Å². The fourth-order valence-corrected chi connectivity index (χ4v) is 2.73. The molecule has 1 heterocycles. The Balaban J connectivity index is 2.07. The van der Waals surface area contributed by atoms with E-state index in [9.17, 15) is 0 Å². The predicted molar refractivity (Wildman–Crippen MR) is 79.8 cm³/mol. The quantitative estimate of drug-likeness (QED) is 0.745. The Labute approximate surface area is 118 Å². The maximum atomic E-state index is 8.93. The van der Waals surface area contributed by atoms with Crippen LogP contribution in [0.2, 0.25) is 0 Å². The average Bonchev–Trinajstić information content (AvgIpc) is 2.92. The molecule has 0 N–H and O–H groups in total. The van der Waals surface area contributed by atoms with Crippen molar-refractivity contribution in [2.24, 2.45) is 0 Å². The smallest absolute Gasteiger partial charge is 0.0991 e. The van der Waals surface area contributed by atoms with Crippen molar-refractivity contribution in [3.63, 3.8) is 0 Å². The van der Waals surface area contributed by atoms with Gasteiger partial charge in [0.15, 0.2) is 0 Å². The van der Waals surface area contributed by atoms with Crippen LogP contribution >= 0.6 is 11.3 Å². The third kappa shape index (κ3) is 4.06. The van der Waals surface area contributed by atoms with E-state index in [2.05, 4.69) is 41.1 Å². The molecule has 0 aliphatic carbocycles. The van der Waals surface area contributed by atoms with E-state index in [0.717, 1.165) is 25.2 Å². The maximum absolute atomic E-state index is 8.93. The first-order valence-corrected chi connectivity index (χ1v) is 7.04. The lowest BCUT2D eigenvalue weighted by molar-refractivity contribution is 0.289. The fraction of sp³-hybridized carbons (Fsp3) is 0.188. The van der Waals surface area contributed by atoms with Crippen LogP contribution in [0.25, 0.3) is 0 Å². The van der Waals surface area contributed by atoms with Crippen molar-refractivity contribution in [2.45, 2.75) is 13.1 Å². The van der Waals surface area contributed by atoms with Gasteiger partial charge in [0.25, 0.3) is 0 Å². The second-order valence-corrected chi connectivity index (χ2v) is 5.38. The molecule has 0 unspecified atom stereocenters. The summed E-state index contributed by atoms with van der Waals surface area (Å²) < 4.78 is 0. The summed E-state index contributed by atoms with van der Waals surface area (Å²) in [5.74, 6) is 0. The first kappa shape index (κ1) is 13.5. The Kier molecular flexibility index (Phi) is 4.91. The maximum Gasteiger partial charge on any atom is 0.0991 e. The number of benzene rings is 1. The molecule has 1 aromatic carbocycles. The van der Waals surface area contributed by atoms with Gasteiger partial charge in [-0.15, -0.1) is 17.9 Å². The Morgan fingerprint density at radius 3 is 2.84 bits per heavy atom. The molecule has 0 saturated heterocycles. The molecule has 2 aromatic rings. The van der Waals surface area contributed by atoms with Crippen LogP contribution in [0.3, 0.4) is 0 Å². The number of hydrogen-bond donors (Lipinski definition) is 0. The second-order valence-electron chi connectivity index (χ2n) is 4.35. The van der Waals surface area contributed by atoms with Gasteiger partial charge in [-0.1, -0.05) is 24.3 Å². The fourth-order valence-electron chi connectivity index (χ4n) is 1.99. The molecule has 96 valence electrons. The van der Waals surface area contributed by atoms with Gasteiger partial charge in [-0.05, 0) is 29.1 Å². The van der Waals surface area contributed by atoms with E-state index in [0.29, 0.717) is 5.56 Å². The summed E-state index contributed by atoms with van der Waals surface area (Å²) in [6, 6.07) is 14.2. The Hall–Kier alpha value is -1.89. The number of nitriles is 1. The lowest BCUT2D eigenvalue weighted by Crippen LogP contribution is -2.22. The molecule has 0 aliphatic rings. The highest BCUT2D eigenvalue weighted by molar-refractivity contribution is 7.09. The zero-order valence-corrected chi connectivity index (χ0v) is 11.6. The molecule has 0 radical (unpaired) electrons. The first-order valence-electron chi connectivity index (χ1n) is 6.16. The van der Waals surface area contributed by atoms with Crippen molar-refractivity contribution in [3.8, 4) is 6.07 Å². The Bertz CT molecular complexity index is 567. The molecule has 3 heteroatoms. The van der Waals surface area contributed by atoms with Gasteiger partial charge in [-0.3, -0.25) is 4.90 Å². The van der Waals surface area contributed by atoms with Gasteiger partial charge >= 0.3 is 0 Å². The SMILES string of the molecule is C=CCN(Cc1cccc(C#N)c1)Cc1cccs1. The third-order valence-electron chi connectivity index (χ3n) is 2.81. The van der Waals surface area contributed by atoms with Crippen LogP contribution in [-0.4, -0.2) is 11.4 Å². The molecule has 0 amide bonds. The zero-order valence-electron chi connectivity index (χ0n) is 10.7. The van der Waals surface area contributed by atoms with Crippen molar-refractivity contribution < 1.29 is 0 Å². The number of hydrogen-bond acceptors (Lipinski definition) is 3. The molecule has 2 nitrogen and oxygen atoms in total. The summed E-state index contributed by atoms with van der Waals surface area (Å²) in [6.07, 6.45) is 1.92. The van der Waals surface area contributed by atoms with E-state index in [-0.39, 0.29) is 0 Å². The van der Waals surface area contributed by atoms with E-state index in [4.69, 9.17) is 5.26 Å². The highest BCUT2D eigenvalue weighted by Crippen LogP contribution is 2.15. The van der Waals surface area contributed by atoms with Crippen LogP contribution in [0, 0.1) is 11.3 Å². The van der Waals surface area contributed by atoms with E-state index < -0.39 is 0 Å². The molecule has 19 heavy (non-hydrogen) atoms. The summed E-state index contributed by atoms with van der Waals surface area (Å²) in [7, 11) is 0. The van der Waals surface area contributed by atoms with Gasteiger partial charge < -0.3 is 0 Å². The summed E-state index contributed by atoms with van der Waals surface area (Å²) in [6.45, 7) is 6.41. The second kappa shape index (κ2) is 6.89. The van der Waals surface area contributed by atoms with Crippen LogP contribution in [0.15, 0.2) is 54.4 Å². The van der Waals surface area contributed by atoms with Crippen LogP contribution in [0.4, 0.5) is 0 Å². The standard InChI is InChI=1S/C16H16N2S/c1-2-8-18(13-16-7-4-9-19-16)12-15-6-3-5-14(10-15)11-17/h2-7,9-10H,1,8,12-13H2. The number of rotatable bonds is 6. The average molecular weight is 268 g/mol. The van der Waals surface area contributed by atoms with Gasteiger partial charge in [-0.25, -0.2) is 0 Å². The minimum Gasteiger partial charge on any atom is -0.290 e. The lowest BCUT2D eigenvalue weighted by atomic mass is 10.1. The Morgan fingerprint density at radius 1 is 1.26 bits per heavy atom. The molecule has 0 spiro atoms. The Morgan fingerprint density at radius 2 is 2.16 bits per heavy atom. The molecule has 0 atom stereocenters. The molecule has 0 aliphatic heterocycles. The molecular weight excluding hydrogens is 252 g/mol. The number of thiophene rings is 1. The third-order valence-corrected chi connectivity index (χ3v) is 3.67. The minimum atomic E-state index is 0.715. The predicted octanol–water partition coefficient (Wildman–Crippen LogP) is 3.81. The summed E-state index contributed by atoms with van der Waals surface area (Å²) in [5.41, 5.74) is 1.88. The van der Waals surface area contributed by atoms with Gasteiger partial charge in [0.2, 0.25) is 0 Å². The van der Waals surface area contributed by atoms with E-state index in [1.54, 1.807) is 11.3 Å². The highest BCUT2D eigenvalue weighted by atomic mass is 32.1. The zero-order chi connectivity index (χ0) is 13.5. The van der Waals surface area contributed by atoms with Crippen LogP contribution in [-0.2, 0) is 13.1 Å². The van der Waals surface area contributed by atoms with Gasteiger partial charge in [0, 0.05) is 24.5 Å². The van der Waals surface area contributed by atoms with Crippen LogP contribution in [0.5, 0.6) is 0 Å². The summed E-state index contributed by atoms with van der Waals surface area (Å²) in [4.78, 5) is 3.66. The lowest BCUT2D eigenvalue weighted by Gasteiger charge is -2.20. The highest BCUT2D eigenvalue weighted by Gasteiger charge is 2.06. The molecule has 0 saturated carbocycles. The van der Waals surface area contributed by atoms with E-state index >= 15 is 0 Å². The van der Waals surface area contributed by atoms with Crippen molar-refractivity contribution in [1.82, 2.24) is 4.90 Å². The van der Waals surface area contributed by atoms with Crippen molar-refractivity contribution in [2.75, 3.05) is 6.54 Å². The van der Waals surface area contributed by atoms with Crippen LogP contribution in [0.1, 0.15) is 16.0 Å². The topological polar surface area (TPSA) is 27.0 Å². The monoisotopic (exact) mass is 268 g/mol. The molecule has 2 rings (SSSR count).